The molecule has 1 aliphatic rings. The van der Waals surface area contributed by atoms with E-state index in [1.165, 1.54) is 5.56 Å². The first-order valence-electron chi connectivity index (χ1n) is 11.4. The van der Waals surface area contributed by atoms with Gasteiger partial charge >= 0.3 is 0 Å². The predicted molar refractivity (Wildman–Crippen MR) is 141 cm³/mol. The summed E-state index contributed by atoms with van der Waals surface area (Å²) >= 11 is 5.82. The van der Waals surface area contributed by atoms with Gasteiger partial charge in [-0.25, -0.2) is 0 Å². The van der Waals surface area contributed by atoms with Crippen LogP contribution in [0, 0.1) is 6.92 Å². The Kier molecular flexibility index (Phi) is 6.33. The number of hydrogen-bond donors (Lipinski definition) is 1. The molecule has 1 unspecified atom stereocenters. The van der Waals surface area contributed by atoms with E-state index >= 15 is 0 Å². The van der Waals surface area contributed by atoms with Crippen LogP contribution in [0.25, 0.3) is 17.0 Å². The minimum Gasteiger partial charge on any atom is -0.497 e. The summed E-state index contributed by atoms with van der Waals surface area (Å²) in [4.78, 5) is 6.87. The predicted octanol–water partition coefficient (Wildman–Crippen LogP) is 5.92. The number of rotatable bonds is 6. The monoisotopic (exact) mass is 482 g/mol. The van der Waals surface area contributed by atoms with E-state index in [2.05, 4.69) is 41.4 Å². The lowest BCUT2D eigenvalue weighted by atomic mass is 9.94. The molecule has 7 heteroatoms. The lowest BCUT2D eigenvalue weighted by Crippen LogP contribution is -2.45. The zero-order valence-corrected chi connectivity index (χ0v) is 20.7. The van der Waals surface area contributed by atoms with Gasteiger partial charge < -0.3 is 19.5 Å². The average molecular weight is 483 g/mol. The molecule has 1 aromatic heterocycles. The Bertz CT molecular complexity index is 1360. The molecule has 0 radical (unpaired) electrons. The number of methoxy groups -OCH3 is 1. The van der Waals surface area contributed by atoms with Crippen molar-refractivity contribution in [2.45, 2.75) is 26.4 Å². The van der Waals surface area contributed by atoms with Gasteiger partial charge in [-0.2, -0.15) is 4.98 Å². The molecule has 2 heterocycles. The van der Waals surface area contributed by atoms with Gasteiger partial charge in [0.2, 0.25) is 5.82 Å². The van der Waals surface area contributed by atoms with Crippen LogP contribution in [0.5, 0.6) is 5.75 Å². The first-order valence-corrected chi connectivity index (χ1v) is 11.8. The first-order chi connectivity index (χ1) is 17.0. The number of thiocarbonyl (C=S) groups is 1. The molecule has 176 valence electrons. The molecule has 3 aromatic carbocycles. The number of hydrogen-bond acceptors (Lipinski definition) is 5. The van der Waals surface area contributed by atoms with Crippen LogP contribution in [0.2, 0.25) is 0 Å². The maximum atomic E-state index is 5.84. The second-order valence-corrected chi connectivity index (χ2v) is 8.90. The number of benzene rings is 3. The van der Waals surface area contributed by atoms with Crippen LogP contribution in [0.15, 0.2) is 89.1 Å². The fraction of sp³-hybridized carbons (Fsp3) is 0.179. The van der Waals surface area contributed by atoms with Gasteiger partial charge in [0.15, 0.2) is 5.11 Å². The van der Waals surface area contributed by atoms with Gasteiger partial charge in [0, 0.05) is 17.8 Å². The van der Waals surface area contributed by atoms with Crippen molar-refractivity contribution in [2.24, 2.45) is 0 Å². The number of ether oxygens (including phenoxy) is 1. The van der Waals surface area contributed by atoms with E-state index in [9.17, 15) is 0 Å². The Morgan fingerprint density at radius 1 is 0.971 bits per heavy atom. The highest BCUT2D eigenvalue weighted by Crippen LogP contribution is 2.38. The Labute approximate surface area is 210 Å². The smallest absolute Gasteiger partial charge is 0.258 e. The normalized spacial score (nSPS) is 15.8. The number of aromatic nitrogens is 2. The zero-order valence-electron chi connectivity index (χ0n) is 19.9. The number of aryl methyl sites for hydroxylation is 1. The largest absolute Gasteiger partial charge is 0.497 e. The van der Waals surface area contributed by atoms with E-state index in [0.717, 1.165) is 33.7 Å². The van der Waals surface area contributed by atoms with Gasteiger partial charge in [0.1, 0.15) is 5.75 Å². The van der Waals surface area contributed by atoms with Crippen LogP contribution in [-0.2, 0) is 6.54 Å². The molecule has 6 nitrogen and oxygen atoms in total. The van der Waals surface area contributed by atoms with E-state index < -0.39 is 0 Å². The summed E-state index contributed by atoms with van der Waals surface area (Å²) in [6.07, 6.45) is 0. The fourth-order valence-electron chi connectivity index (χ4n) is 4.21. The van der Waals surface area contributed by atoms with Gasteiger partial charge in [0.25, 0.3) is 5.89 Å². The topological polar surface area (TPSA) is 63.4 Å². The number of allylic oxidation sites excluding steroid dienone is 1. The third-order valence-corrected chi connectivity index (χ3v) is 6.53. The molecule has 0 spiro atoms. The number of nitrogens with one attached hydrogen (secondary N) is 1. The van der Waals surface area contributed by atoms with E-state index in [0.29, 0.717) is 23.4 Å². The molecule has 0 saturated carbocycles. The van der Waals surface area contributed by atoms with Crippen molar-refractivity contribution < 1.29 is 9.26 Å². The molecule has 1 aliphatic heterocycles. The van der Waals surface area contributed by atoms with Crippen molar-refractivity contribution in [1.82, 2.24) is 20.4 Å². The molecule has 4 aromatic rings. The van der Waals surface area contributed by atoms with Crippen molar-refractivity contribution in [1.29, 1.82) is 0 Å². The number of nitrogens with zero attached hydrogens (tertiary/aromatic N) is 3. The third-order valence-electron chi connectivity index (χ3n) is 6.20. The average Bonchev–Trinajstić information content (AvgIpc) is 3.37. The summed E-state index contributed by atoms with van der Waals surface area (Å²) in [6.45, 7) is 4.74. The quantitative estimate of drug-likeness (QED) is 0.343. The van der Waals surface area contributed by atoms with Crippen LogP contribution < -0.4 is 10.1 Å². The molecule has 0 aliphatic carbocycles. The lowest BCUT2D eigenvalue weighted by molar-refractivity contribution is 0.396. The van der Waals surface area contributed by atoms with Crippen LogP contribution in [-0.4, -0.2) is 27.3 Å². The summed E-state index contributed by atoms with van der Waals surface area (Å²) in [5.41, 5.74) is 6.13. The zero-order chi connectivity index (χ0) is 24.4. The molecule has 1 atom stereocenters. The molecule has 0 fully saturated rings. The third kappa shape index (κ3) is 4.68. The maximum absolute atomic E-state index is 5.84. The highest BCUT2D eigenvalue weighted by molar-refractivity contribution is 7.80. The van der Waals surface area contributed by atoms with Gasteiger partial charge in [-0.15, -0.1) is 0 Å². The van der Waals surface area contributed by atoms with Crippen LogP contribution >= 0.6 is 12.2 Å². The van der Waals surface area contributed by atoms with Crippen molar-refractivity contribution in [2.75, 3.05) is 7.11 Å². The van der Waals surface area contributed by atoms with Crippen molar-refractivity contribution in [3.05, 3.63) is 107 Å². The van der Waals surface area contributed by atoms with Gasteiger partial charge in [-0.3, -0.25) is 0 Å². The SMILES string of the molecule is COc1ccc(C2NC(=S)N(Cc3ccccc3)C(C)=C2c2nc(-c3ccc(C)cc3)no2)cc1. The maximum Gasteiger partial charge on any atom is 0.258 e. The Balaban J connectivity index is 1.58. The molecular formula is C28H26N4O2S. The van der Waals surface area contributed by atoms with Gasteiger partial charge in [0.05, 0.1) is 18.7 Å². The molecule has 0 amide bonds. The van der Waals surface area contributed by atoms with Gasteiger partial charge in [-0.05, 0) is 49.3 Å². The van der Waals surface area contributed by atoms with Crippen LogP contribution in [0.4, 0.5) is 0 Å². The minimum atomic E-state index is -0.244. The highest BCUT2D eigenvalue weighted by atomic mass is 32.1. The molecule has 0 saturated heterocycles. The lowest BCUT2D eigenvalue weighted by Gasteiger charge is -2.37. The second-order valence-electron chi connectivity index (χ2n) is 8.52. The molecule has 0 bridgehead atoms. The standard InChI is InChI=1S/C28H26N4O2S/c1-18-9-11-22(12-10-18)26-30-27(34-31-26)24-19(2)32(17-20-7-5-4-6-8-20)28(35)29-25(24)21-13-15-23(33-3)16-14-21/h4-16,25H,17H2,1-3H3,(H,29,35). The fourth-order valence-corrected chi connectivity index (χ4v) is 4.53. The summed E-state index contributed by atoms with van der Waals surface area (Å²) in [6, 6.07) is 26.0. The summed E-state index contributed by atoms with van der Waals surface area (Å²) < 4.78 is 11.2. The minimum absolute atomic E-state index is 0.244. The van der Waals surface area contributed by atoms with E-state index in [1.54, 1.807) is 7.11 Å². The van der Waals surface area contributed by atoms with Crippen molar-refractivity contribution >= 4 is 22.9 Å². The Morgan fingerprint density at radius 2 is 1.69 bits per heavy atom. The van der Waals surface area contributed by atoms with E-state index in [1.807, 2.05) is 66.7 Å². The van der Waals surface area contributed by atoms with E-state index in [-0.39, 0.29) is 6.04 Å². The van der Waals surface area contributed by atoms with Crippen molar-refractivity contribution in [3.63, 3.8) is 0 Å². The van der Waals surface area contributed by atoms with Gasteiger partial charge in [-0.1, -0.05) is 77.5 Å². The van der Waals surface area contributed by atoms with Crippen LogP contribution in [0.1, 0.15) is 35.5 Å². The highest BCUT2D eigenvalue weighted by Gasteiger charge is 2.34. The molecule has 1 N–H and O–H groups in total. The first kappa shape index (κ1) is 22.8. The Hall–Kier alpha value is -3.97. The summed E-state index contributed by atoms with van der Waals surface area (Å²) in [7, 11) is 1.66. The summed E-state index contributed by atoms with van der Waals surface area (Å²) in [5, 5.41) is 8.44. The molecular weight excluding hydrogens is 456 g/mol. The van der Waals surface area contributed by atoms with Crippen LogP contribution in [0.3, 0.4) is 0 Å². The Morgan fingerprint density at radius 3 is 2.37 bits per heavy atom. The molecule has 35 heavy (non-hydrogen) atoms. The van der Waals surface area contributed by atoms with Crippen molar-refractivity contribution in [3.8, 4) is 17.1 Å². The van der Waals surface area contributed by atoms with E-state index in [4.69, 9.17) is 26.5 Å². The summed E-state index contributed by atoms with van der Waals surface area (Å²) in [5.74, 6) is 1.81. The second kappa shape index (κ2) is 9.72. The molecule has 5 rings (SSSR count).